The molecule has 1 amide bonds. The molecule has 0 heterocycles. The third kappa shape index (κ3) is 3.20. The third-order valence-corrected chi connectivity index (χ3v) is 2.27. The normalized spacial score (nSPS) is 11.9. The van der Waals surface area contributed by atoms with Gasteiger partial charge in [-0.15, -0.1) is 0 Å². The zero-order chi connectivity index (χ0) is 11.3. The van der Waals surface area contributed by atoms with Crippen LogP contribution in [-0.2, 0) is 9.59 Å². The molecule has 0 spiro atoms. The predicted octanol–water partition coefficient (Wildman–Crippen LogP) is 2.24. The van der Waals surface area contributed by atoms with Gasteiger partial charge in [-0.2, -0.15) is 0 Å². The summed E-state index contributed by atoms with van der Waals surface area (Å²) in [5, 5.41) is 2.70. The minimum atomic E-state index is -0.574. The lowest BCUT2D eigenvalue weighted by Crippen LogP contribution is -2.26. The fourth-order valence-electron chi connectivity index (χ4n) is 1.22. The second kappa shape index (κ2) is 5.29. The van der Waals surface area contributed by atoms with Crippen LogP contribution in [0.5, 0.6) is 0 Å². The second-order valence-corrected chi connectivity index (χ2v) is 3.40. The number of para-hydroxylation sites is 1. The van der Waals surface area contributed by atoms with Gasteiger partial charge in [-0.1, -0.05) is 25.1 Å². The molecule has 0 aliphatic carbocycles. The number of amides is 1. The highest BCUT2D eigenvalue weighted by atomic mass is 16.2. The van der Waals surface area contributed by atoms with Crippen LogP contribution in [0, 0.1) is 5.92 Å². The van der Waals surface area contributed by atoms with E-state index in [0.717, 1.165) is 5.69 Å². The van der Waals surface area contributed by atoms with Crippen molar-refractivity contribution in [2.24, 2.45) is 5.92 Å². The van der Waals surface area contributed by atoms with E-state index in [0.29, 0.717) is 6.42 Å². The molecule has 1 atom stereocenters. The smallest absolute Gasteiger partial charge is 0.234 e. The number of anilines is 1. The Morgan fingerprint density at radius 3 is 2.40 bits per heavy atom. The summed E-state index contributed by atoms with van der Waals surface area (Å²) < 4.78 is 0. The molecular formula is C12H15NO2. The van der Waals surface area contributed by atoms with Gasteiger partial charge >= 0.3 is 0 Å². The van der Waals surface area contributed by atoms with Crippen LogP contribution in [0.1, 0.15) is 20.3 Å². The zero-order valence-corrected chi connectivity index (χ0v) is 8.99. The second-order valence-electron chi connectivity index (χ2n) is 3.40. The summed E-state index contributed by atoms with van der Waals surface area (Å²) in [6.07, 6.45) is 0.392. The molecule has 0 aliphatic heterocycles. The molecule has 1 aromatic carbocycles. The van der Waals surface area contributed by atoms with Crippen LogP contribution in [0.4, 0.5) is 5.69 Å². The van der Waals surface area contributed by atoms with E-state index in [9.17, 15) is 9.59 Å². The standard InChI is InChI=1S/C12H15NO2/c1-3-11(14)9(2)12(15)13-10-7-5-4-6-8-10/h4-9H,3H2,1-2H3,(H,13,15). The molecule has 0 fully saturated rings. The van der Waals surface area contributed by atoms with Gasteiger partial charge in [0, 0.05) is 12.1 Å². The lowest BCUT2D eigenvalue weighted by molar-refractivity contribution is -0.130. The lowest BCUT2D eigenvalue weighted by atomic mass is 10.0. The van der Waals surface area contributed by atoms with E-state index in [1.807, 2.05) is 18.2 Å². The zero-order valence-electron chi connectivity index (χ0n) is 8.99. The summed E-state index contributed by atoms with van der Waals surface area (Å²) in [6.45, 7) is 3.39. The highest BCUT2D eigenvalue weighted by molar-refractivity contribution is 6.06. The van der Waals surface area contributed by atoms with Crippen molar-refractivity contribution in [1.29, 1.82) is 0 Å². The van der Waals surface area contributed by atoms with Crippen molar-refractivity contribution in [3.8, 4) is 0 Å². The molecule has 1 unspecified atom stereocenters. The Morgan fingerprint density at radius 1 is 1.27 bits per heavy atom. The lowest BCUT2D eigenvalue weighted by Gasteiger charge is -2.09. The largest absolute Gasteiger partial charge is 0.325 e. The molecule has 1 N–H and O–H groups in total. The van der Waals surface area contributed by atoms with Crippen LogP contribution < -0.4 is 5.32 Å². The van der Waals surface area contributed by atoms with Crippen LogP contribution in [0.25, 0.3) is 0 Å². The Kier molecular flexibility index (Phi) is 4.03. The van der Waals surface area contributed by atoms with Crippen LogP contribution >= 0.6 is 0 Å². The van der Waals surface area contributed by atoms with Gasteiger partial charge in [0.2, 0.25) is 5.91 Å². The molecule has 3 nitrogen and oxygen atoms in total. The number of hydrogen-bond acceptors (Lipinski definition) is 2. The van der Waals surface area contributed by atoms with Gasteiger partial charge in [0.25, 0.3) is 0 Å². The van der Waals surface area contributed by atoms with E-state index in [4.69, 9.17) is 0 Å². The van der Waals surface area contributed by atoms with E-state index in [2.05, 4.69) is 5.32 Å². The Morgan fingerprint density at radius 2 is 1.87 bits per heavy atom. The Labute approximate surface area is 89.5 Å². The molecule has 1 aromatic rings. The minimum Gasteiger partial charge on any atom is -0.325 e. The summed E-state index contributed by atoms with van der Waals surface area (Å²) in [7, 11) is 0. The first-order valence-corrected chi connectivity index (χ1v) is 5.03. The van der Waals surface area contributed by atoms with Crippen LogP contribution in [0.2, 0.25) is 0 Å². The van der Waals surface area contributed by atoms with Crippen molar-refractivity contribution in [1.82, 2.24) is 0 Å². The van der Waals surface area contributed by atoms with Gasteiger partial charge in [0.15, 0.2) is 0 Å². The molecule has 15 heavy (non-hydrogen) atoms. The fraction of sp³-hybridized carbons (Fsp3) is 0.333. The number of benzene rings is 1. The highest BCUT2D eigenvalue weighted by Gasteiger charge is 2.19. The fourth-order valence-corrected chi connectivity index (χ4v) is 1.22. The molecule has 0 bridgehead atoms. The molecule has 0 saturated carbocycles. The van der Waals surface area contributed by atoms with Gasteiger partial charge in [0.1, 0.15) is 5.78 Å². The summed E-state index contributed by atoms with van der Waals surface area (Å²) >= 11 is 0. The predicted molar refractivity (Wildman–Crippen MR) is 59.5 cm³/mol. The van der Waals surface area contributed by atoms with Crippen molar-refractivity contribution >= 4 is 17.4 Å². The van der Waals surface area contributed by atoms with Crippen molar-refractivity contribution in [2.45, 2.75) is 20.3 Å². The maximum atomic E-state index is 11.6. The van der Waals surface area contributed by atoms with Crippen LogP contribution in [-0.4, -0.2) is 11.7 Å². The molecule has 1 rings (SSSR count). The third-order valence-electron chi connectivity index (χ3n) is 2.27. The monoisotopic (exact) mass is 205 g/mol. The Bertz CT molecular complexity index is 346. The average Bonchev–Trinajstić information content (AvgIpc) is 2.28. The maximum absolute atomic E-state index is 11.6. The van der Waals surface area contributed by atoms with Crippen molar-refractivity contribution in [3.05, 3.63) is 30.3 Å². The van der Waals surface area contributed by atoms with Gasteiger partial charge in [-0.25, -0.2) is 0 Å². The number of nitrogens with one attached hydrogen (secondary N) is 1. The molecule has 0 aromatic heterocycles. The topological polar surface area (TPSA) is 46.2 Å². The van der Waals surface area contributed by atoms with Crippen molar-refractivity contribution in [2.75, 3.05) is 5.32 Å². The van der Waals surface area contributed by atoms with E-state index in [-0.39, 0.29) is 11.7 Å². The molecule has 80 valence electrons. The first-order valence-electron chi connectivity index (χ1n) is 5.03. The Hall–Kier alpha value is -1.64. The van der Waals surface area contributed by atoms with Crippen LogP contribution in [0.3, 0.4) is 0 Å². The molecule has 0 aliphatic rings. The molecule has 0 radical (unpaired) electrons. The van der Waals surface area contributed by atoms with E-state index in [1.165, 1.54) is 0 Å². The summed E-state index contributed by atoms with van der Waals surface area (Å²) in [5.74, 6) is -0.855. The van der Waals surface area contributed by atoms with Gasteiger partial charge in [-0.3, -0.25) is 9.59 Å². The highest BCUT2D eigenvalue weighted by Crippen LogP contribution is 2.09. The number of carbonyl (C=O) groups excluding carboxylic acids is 2. The van der Waals surface area contributed by atoms with Gasteiger partial charge < -0.3 is 5.32 Å². The quantitative estimate of drug-likeness (QED) is 0.766. The summed E-state index contributed by atoms with van der Waals surface area (Å²) in [5.41, 5.74) is 0.721. The minimum absolute atomic E-state index is 0.0385. The summed E-state index contributed by atoms with van der Waals surface area (Å²) in [6, 6.07) is 9.13. The number of hydrogen-bond donors (Lipinski definition) is 1. The maximum Gasteiger partial charge on any atom is 0.234 e. The first-order chi connectivity index (χ1) is 7.15. The Balaban J connectivity index is 2.60. The van der Waals surface area contributed by atoms with E-state index < -0.39 is 5.92 Å². The number of rotatable bonds is 4. The van der Waals surface area contributed by atoms with Gasteiger partial charge in [0.05, 0.1) is 5.92 Å². The summed E-state index contributed by atoms with van der Waals surface area (Å²) in [4.78, 5) is 22.9. The number of ketones is 1. The van der Waals surface area contributed by atoms with E-state index in [1.54, 1.807) is 26.0 Å². The van der Waals surface area contributed by atoms with E-state index >= 15 is 0 Å². The van der Waals surface area contributed by atoms with Gasteiger partial charge in [-0.05, 0) is 19.1 Å². The average molecular weight is 205 g/mol. The number of Topliss-reactive ketones (excluding diaryl/α,β-unsaturated/α-hetero) is 1. The van der Waals surface area contributed by atoms with Crippen molar-refractivity contribution < 1.29 is 9.59 Å². The molecule has 0 saturated heterocycles. The SMILES string of the molecule is CCC(=O)C(C)C(=O)Nc1ccccc1. The first kappa shape index (κ1) is 11.4. The molecule has 3 heteroatoms. The molecular weight excluding hydrogens is 190 g/mol. The van der Waals surface area contributed by atoms with Crippen molar-refractivity contribution in [3.63, 3.8) is 0 Å². The number of carbonyl (C=O) groups is 2. The van der Waals surface area contributed by atoms with Crippen LogP contribution in [0.15, 0.2) is 30.3 Å².